The molecule has 0 aliphatic carbocycles. The fourth-order valence-electron chi connectivity index (χ4n) is 5.28. The van der Waals surface area contributed by atoms with Gasteiger partial charge in [0.05, 0.1) is 12.6 Å². The first-order chi connectivity index (χ1) is 18.7. The summed E-state index contributed by atoms with van der Waals surface area (Å²) in [5.74, 6) is -1.18. The first-order valence-electron chi connectivity index (χ1n) is 12.7. The number of carbonyl (C=O) groups excluding carboxylic acids is 3. The van der Waals surface area contributed by atoms with Crippen molar-refractivity contribution in [3.63, 3.8) is 0 Å². The Labute approximate surface area is 230 Å². The Morgan fingerprint density at radius 3 is 2.62 bits per heavy atom. The molecule has 0 radical (unpaired) electrons. The number of thiophene rings is 1. The van der Waals surface area contributed by atoms with Gasteiger partial charge in [-0.2, -0.15) is 9.04 Å². The largest absolute Gasteiger partial charge is 0.619 e. The fourth-order valence-corrected chi connectivity index (χ4v) is 7.65. The Morgan fingerprint density at radius 1 is 1.18 bits per heavy atom. The summed E-state index contributed by atoms with van der Waals surface area (Å²) in [6.45, 7) is 1.71. The predicted molar refractivity (Wildman–Crippen MR) is 144 cm³/mol. The van der Waals surface area contributed by atoms with Crippen molar-refractivity contribution in [3.8, 4) is 10.4 Å². The number of sulfonamides is 1. The third kappa shape index (κ3) is 5.19. The average Bonchev–Trinajstić information content (AvgIpc) is 3.67. The van der Waals surface area contributed by atoms with E-state index in [2.05, 4.69) is 5.32 Å². The molecule has 4 heterocycles. The Hall–Kier alpha value is -3.61. The zero-order chi connectivity index (χ0) is 27.7. The molecule has 0 bridgehead atoms. The second-order valence-electron chi connectivity index (χ2n) is 9.62. The molecule has 2 aromatic heterocycles. The second-order valence-corrected chi connectivity index (χ2v) is 12.5. The van der Waals surface area contributed by atoms with Crippen LogP contribution in [0.2, 0.25) is 0 Å². The summed E-state index contributed by atoms with van der Waals surface area (Å²) in [5.41, 5.74) is 1.40. The van der Waals surface area contributed by atoms with Crippen molar-refractivity contribution < 1.29 is 27.5 Å². The Balaban J connectivity index is 1.31. The molecule has 2 saturated heterocycles. The lowest BCUT2D eigenvalue weighted by atomic mass is 10.1. The summed E-state index contributed by atoms with van der Waals surface area (Å²) in [5, 5.41) is 16.5. The normalized spacial score (nSPS) is 20.1. The number of Topliss-reactive ketones (excluding diaryl/α,β-unsaturated/α-hetero) is 1. The molecule has 5 rings (SSSR count). The summed E-state index contributed by atoms with van der Waals surface area (Å²) >= 11 is 1.60. The summed E-state index contributed by atoms with van der Waals surface area (Å²) in [4.78, 5) is 42.0. The highest BCUT2D eigenvalue weighted by Crippen LogP contribution is 2.34. The molecule has 1 N–H and O–H groups in total. The van der Waals surface area contributed by atoms with Gasteiger partial charge in [0.25, 0.3) is 5.91 Å². The van der Waals surface area contributed by atoms with E-state index in [1.165, 1.54) is 23.2 Å². The van der Waals surface area contributed by atoms with Crippen LogP contribution >= 0.6 is 11.3 Å². The first kappa shape index (κ1) is 27.0. The molecule has 2 fully saturated rings. The number of rotatable bonds is 8. The van der Waals surface area contributed by atoms with Gasteiger partial charge in [-0.1, -0.05) is 31.5 Å². The van der Waals surface area contributed by atoms with E-state index >= 15 is 0 Å². The monoisotopic (exact) mass is 568 g/mol. The van der Waals surface area contributed by atoms with Gasteiger partial charge >= 0.3 is 0 Å². The van der Waals surface area contributed by atoms with E-state index in [4.69, 9.17) is 0 Å². The van der Waals surface area contributed by atoms with Crippen molar-refractivity contribution in [2.45, 2.75) is 49.2 Å². The standard InChI is InChI=1S/C27H28N4O6S2/c1-2-5-21(28-26(33)19-10-8-18(9-11-19)24-7-4-15-38-24)27(34)30-14-12-22-25(30)23(32)17-31(22)39(36,37)20-6-3-13-29(35)16-20/h3-4,6-11,13,15-16,21-22,25H,2,5,12,14,17H2,1H3,(H,28,33). The molecule has 2 amide bonds. The van der Waals surface area contributed by atoms with E-state index in [-0.39, 0.29) is 30.2 Å². The SMILES string of the molecule is CCCC(NC(=O)c1ccc(-c2cccs2)cc1)C(=O)N1CCC2C1C(=O)CN2S(=O)(=O)c1ccc[n+]([O-])c1. The van der Waals surface area contributed by atoms with Crippen LogP contribution in [0.5, 0.6) is 0 Å². The van der Waals surface area contributed by atoms with Crippen molar-refractivity contribution in [3.05, 3.63) is 77.1 Å². The zero-order valence-corrected chi connectivity index (χ0v) is 22.9. The third-order valence-corrected chi connectivity index (χ3v) is 9.92. The quantitative estimate of drug-likeness (QED) is 0.328. The van der Waals surface area contributed by atoms with Crippen molar-refractivity contribution in [1.29, 1.82) is 0 Å². The molecule has 204 valence electrons. The Bertz CT molecular complexity index is 1490. The highest BCUT2D eigenvalue weighted by atomic mass is 32.2. The molecule has 12 heteroatoms. The van der Waals surface area contributed by atoms with Gasteiger partial charge in [-0.05, 0) is 48.1 Å². The smallest absolute Gasteiger partial charge is 0.251 e. The van der Waals surface area contributed by atoms with Crippen LogP contribution < -0.4 is 10.0 Å². The number of likely N-dealkylation sites (tertiary alicyclic amines) is 1. The summed E-state index contributed by atoms with van der Waals surface area (Å²) in [6.07, 6.45) is 3.39. The number of amides is 2. The molecule has 3 atom stereocenters. The van der Waals surface area contributed by atoms with Crippen LogP contribution in [0, 0.1) is 5.21 Å². The van der Waals surface area contributed by atoms with Crippen LogP contribution in [-0.2, 0) is 19.6 Å². The minimum atomic E-state index is -4.12. The van der Waals surface area contributed by atoms with E-state index in [0.717, 1.165) is 20.9 Å². The van der Waals surface area contributed by atoms with Crippen LogP contribution in [0.1, 0.15) is 36.5 Å². The van der Waals surface area contributed by atoms with Gasteiger partial charge in [-0.15, -0.1) is 11.3 Å². The van der Waals surface area contributed by atoms with Gasteiger partial charge in [0.1, 0.15) is 17.0 Å². The highest BCUT2D eigenvalue weighted by molar-refractivity contribution is 7.89. The highest BCUT2D eigenvalue weighted by Gasteiger charge is 2.54. The molecule has 0 saturated carbocycles. The van der Waals surface area contributed by atoms with Gasteiger partial charge in [0.2, 0.25) is 15.9 Å². The number of carbonyl (C=O) groups is 3. The number of hydrogen-bond acceptors (Lipinski definition) is 7. The average molecular weight is 569 g/mol. The van der Waals surface area contributed by atoms with Crippen molar-refractivity contribution in [1.82, 2.24) is 14.5 Å². The maximum atomic E-state index is 13.6. The van der Waals surface area contributed by atoms with Gasteiger partial charge in [-0.3, -0.25) is 14.4 Å². The maximum Gasteiger partial charge on any atom is 0.251 e. The lowest BCUT2D eigenvalue weighted by molar-refractivity contribution is -0.607. The lowest BCUT2D eigenvalue weighted by Gasteiger charge is -2.28. The van der Waals surface area contributed by atoms with E-state index in [0.29, 0.717) is 23.1 Å². The summed E-state index contributed by atoms with van der Waals surface area (Å²) in [7, 11) is -4.12. The first-order valence-corrected chi connectivity index (χ1v) is 15.0. The minimum Gasteiger partial charge on any atom is -0.619 e. The molecule has 10 nitrogen and oxygen atoms in total. The summed E-state index contributed by atoms with van der Waals surface area (Å²) in [6, 6.07) is 11.2. The second kappa shape index (κ2) is 10.9. The van der Waals surface area contributed by atoms with E-state index in [1.54, 1.807) is 23.5 Å². The van der Waals surface area contributed by atoms with Crippen LogP contribution in [0.15, 0.2) is 71.2 Å². The number of pyridine rings is 1. The number of nitrogens with one attached hydrogen (secondary N) is 1. The van der Waals surface area contributed by atoms with Crippen molar-refractivity contribution in [2.24, 2.45) is 0 Å². The van der Waals surface area contributed by atoms with Crippen molar-refractivity contribution >= 4 is 39.0 Å². The van der Waals surface area contributed by atoms with Gasteiger partial charge in [0.15, 0.2) is 18.2 Å². The van der Waals surface area contributed by atoms with E-state index < -0.39 is 40.0 Å². The van der Waals surface area contributed by atoms with Crippen molar-refractivity contribution in [2.75, 3.05) is 13.1 Å². The lowest BCUT2D eigenvalue weighted by Crippen LogP contribution is -2.52. The maximum absolute atomic E-state index is 13.6. The minimum absolute atomic E-state index is 0.188. The number of aromatic nitrogens is 1. The molecule has 3 unspecified atom stereocenters. The van der Waals surface area contributed by atoms with Gasteiger partial charge < -0.3 is 15.4 Å². The Morgan fingerprint density at radius 2 is 1.95 bits per heavy atom. The molecular formula is C27H28N4O6S2. The number of hydrogen-bond donors (Lipinski definition) is 1. The number of benzene rings is 1. The van der Waals surface area contributed by atoms with E-state index in [9.17, 15) is 28.0 Å². The molecule has 2 aliphatic rings. The molecular weight excluding hydrogens is 540 g/mol. The van der Waals surface area contributed by atoms with Crippen LogP contribution in [0.25, 0.3) is 10.4 Å². The fraction of sp³-hybridized carbons (Fsp3) is 0.333. The topological polar surface area (TPSA) is 131 Å². The number of nitrogens with zero attached hydrogens (tertiary/aromatic N) is 3. The molecule has 0 spiro atoms. The van der Waals surface area contributed by atoms with Gasteiger partial charge in [-0.25, -0.2) is 8.42 Å². The van der Waals surface area contributed by atoms with Crippen LogP contribution in [-0.4, -0.2) is 66.4 Å². The predicted octanol–water partition coefficient (Wildman–Crippen LogP) is 2.19. The zero-order valence-electron chi connectivity index (χ0n) is 21.2. The van der Waals surface area contributed by atoms with Crippen LogP contribution in [0.4, 0.5) is 0 Å². The van der Waals surface area contributed by atoms with Crippen LogP contribution in [0.3, 0.4) is 0 Å². The summed E-state index contributed by atoms with van der Waals surface area (Å²) < 4.78 is 28.0. The molecule has 1 aromatic carbocycles. The molecule has 2 aliphatic heterocycles. The molecule has 39 heavy (non-hydrogen) atoms. The van der Waals surface area contributed by atoms with E-state index in [1.807, 2.05) is 36.6 Å². The molecule has 3 aromatic rings. The number of ketones is 1. The number of fused-ring (bicyclic) bond motifs is 1. The van der Waals surface area contributed by atoms with Gasteiger partial charge in [0, 0.05) is 23.1 Å². The Kier molecular flexibility index (Phi) is 7.52. The third-order valence-electron chi connectivity index (χ3n) is 7.15.